The molecule has 2 saturated heterocycles. The van der Waals surface area contributed by atoms with Gasteiger partial charge in [-0.1, -0.05) is 6.07 Å². The van der Waals surface area contributed by atoms with Crippen LogP contribution in [0.25, 0.3) is 0 Å². The minimum absolute atomic E-state index is 0.667. The second-order valence-electron chi connectivity index (χ2n) is 5.61. The highest BCUT2D eigenvalue weighted by atomic mass is 32.1. The fourth-order valence-electron chi connectivity index (χ4n) is 3.31. The van der Waals surface area contributed by atoms with Gasteiger partial charge in [0, 0.05) is 18.0 Å². The standard InChI is InChI=1S/C14H22N2S/c1-2-13(17-11-1)3-9-16-10-6-14(12-16)4-7-15-8-5-14/h1-2,11,15H,3-10,12H2. The maximum Gasteiger partial charge on any atom is 0.00579 e. The first-order valence-electron chi connectivity index (χ1n) is 6.82. The molecule has 1 aromatic heterocycles. The van der Waals surface area contributed by atoms with E-state index in [0.29, 0.717) is 5.41 Å². The second-order valence-corrected chi connectivity index (χ2v) is 6.64. The van der Waals surface area contributed by atoms with Crippen LogP contribution < -0.4 is 5.32 Å². The Bertz CT molecular complexity index is 341. The van der Waals surface area contributed by atoms with E-state index in [2.05, 4.69) is 27.7 Å². The van der Waals surface area contributed by atoms with Gasteiger partial charge >= 0.3 is 0 Å². The van der Waals surface area contributed by atoms with E-state index in [4.69, 9.17) is 0 Å². The zero-order chi connectivity index (χ0) is 11.6. The van der Waals surface area contributed by atoms with Crippen molar-refractivity contribution in [3.8, 4) is 0 Å². The molecule has 0 unspecified atom stereocenters. The first-order valence-corrected chi connectivity index (χ1v) is 7.70. The molecule has 0 aromatic carbocycles. The molecular weight excluding hydrogens is 228 g/mol. The summed E-state index contributed by atoms with van der Waals surface area (Å²) in [5.74, 6) is 0. The summed E-state index contributed by atoms with van der Waals surface area (Å²) >= 11 is 1.90. The maximum atomic E-state index is 3.49. The quantitative estimate of drug-likeness (QED) is 0.886. The fourth-order valence-corrected chi connectivity index (χ4v) is 4.01. The Morgan fingerprint density at radius 2 is 2.18 bits per heavy atom. The van der Waals surface area contributed by atoms with Crippen LogP contribution in [0.1, 0.15) is 24.1 Å². The number of piperidine rings is 1. The Morgan fingerprint density at radius 3 is 2.94 bits per heavy atom. The van der Waals surface area contributed by atoms with Crippen LogP contribution in [0.2, 0.25) is 0 Å². The second kappa shape index (κ2) is 5.09. The van der Waals surface area contributed by atoms with E-state index in [-0.39, 0.29) is 0 Å². The Balaban J connectivity index is 1.50. The number of hydrogen-bond donors (Lipinski definition) is 1. The number of nitrogens with zero attached hydrogens (tertiary/aromatic N) is 1. The van der Waals surface area contributed by atoms with E-state index < -0.39 is 0 Å². The van der Waals surface area contributed by atoms with E-state index in [9.17, 15) is 0 Å². The predicted molar refractivity (Wildman–Crippen MR) is 73.6 cm³/mol. The third-order valence-electron chi connectivity index (χ3n) is 4.44. The fraction of sp³-hybridized carbons (Fsp3) is 0.714. The van der Waals surface area contributed by atoms with Crippen molar-refractivity contribution in [3.05, 3.63) is 22.4 Å². The Labute approximate surface area is 108 Å². The molecule has 0 saturated carbocycles. The highest BCUT2D eigenvalue weighted by Crippen LogP contribution is 2.38. The topological polar surface area (TPSA) is 15.3 Å². The predicted octanol–water partition coefficient (Wildman–Crippen LogP) is 2.37. The Hall–Kier alpha value is -0.380. The van der Waals surface area contributed by atoms with Crippen molar-refractivity contribution in [1.29, 1.82) is 0 Å². The molecule has 0 aliphatic carbocycles. The zero-order valence-corrected chi connectivity index (χ0v) is 11.3. The molecule has 3 heterocycles. The number of rotatable bonds is 3. The summed E-state index contributed by atoms with van der Waals surface area (Å²) < 4.78 is 0. The third-order valence-corrected chi connectivity index (χ3v) is 5.37. The molecule has 3 rings (SSSR count). The summed E-state index contributed by atoms with van der Waals surface area (Å²) in [7, 11) is 0. The maximum absolute atomic E-state index is 3.49. The van der Waals surface area contributed by atoms with Crippen LogP contribution >= 0.6 is 11.3 Å². The van der Waals surface area contributed by atoms with Gasteiger partial charge in [-0.25, -0.2) is 0 Å². The molecule has 3 heteroatoms. The molecular formula is C14H22N2S. The SMILES string of the molecule is c1csc(CCN2CCC3(CCNCC3)C2)c1. The molecule has 0 bridgehead atoms. The van der Waals surface area contributed by atoms with Gasteiger partial charge in [0.15, 0.2) is 0 Å². The lowest BCUT2D eigenvalue weighted by Crippen LogP contribution is -2.38. The lowest BCUT2D eigenvalue weighted by molar-refractivity contribution is 0.197. The van der Waals surface area contributed by atoms with Crippen LogP contribution in [0.3, 0.4) is 0 Å². The van der Waals surface area contributed by atoms with Crippen molar-refractivity contribution in [2.45, 2.75) is 25.7 Å². The van der Waals surface area contributed by atoms with Gasteiger partial charge in [0.2, 0.25) is 0 Å². The molecule has 0 radical (unpaired) electrons. The summed E-state index contributed by atoms with van der Waals surface area (Å²) in [6.07, 6.45) is 5.45. The molecule has 2 nitrogen and oxygen atoms in total. The van der Waals surface area contributed by atoms with Gasteiger partial charge in [-0.05, 0) is 62.2 Å². The molecule has 1 spiro atoms. The van der Waals surface area contributed by atoms with Crippen molar-refractivity contribution < 1.29 is 0 Å². The summed E-state index contributed by atoms with van der Waals surface area (Å²) in [6.45, 7) is 6.40. The highest BCUT2D eigenvalue weighted by Gasteiger charge is 2.38. The largest absolute Gasteiger partial charge is 0.317 e. The molecule has 1 aromatic rings. The van der Waals surface area contributed by atoms with Gasteiger partial charge in [-0.15, -0.1) is 11.3 Å². The highest BCUT2D eigenvalue weighted by molar-refractivity contribution is 7.09. The lowest BCUT2D eigenvalue weighted by atomic mass is 9.78. The van der Waals surface area contributed by atoms with Crippen molar-refractivity contribution in [1.82, 2.24) is 10.2 Å². The minimum Gasteiger partial charge on any atom is -0.317 e. The number of thiophene rings is 1. The van der Waals surface area contributed by atoms with Gasteiger partial charge in [-0.2, -0.15) is 0 Å². The lowest BCUT2D eigenvalue weighted by Gasteiger charge is -2.33. The average molecular weight is 250 g/mol. The van der Waals surface area contributed by atoms with Gasteiger partial charge in [0.25, 0.3) is 0 Å². The van der Waals surface area contributed by atoms with E-state index in [0.717, 1.165) is 0 Å². The van der Waals surface area contributed by atoms with Crippen molar-refractivity contribution in [3.63, 3.8) is 0 Å². The molecule has 0 atom stereocenters. The first kappa shape index (κ1) is 11.7. The summed E-state index contributed by atoms with van der Waals surface area (Å²) in [4.78, 5) is 4.22. The van der Waals surface area contributed by atoms with Crippen molar-refractivity contribution in [2.75, 3.05) is 32.7 Å². The van der Waals surface area contributed by atoms with Gasteiger partial charge in [0.1, 0.15) is 0 Å². The van der Waals surface area contributed by atoms with Crippen LogP contribution in [0.15, 0.2) is 17.5 Å². The zero-order valence-electron chi connectivity index (χ0n) is 10.5. The molecule has 2 aliphatic heterocycles. The monoisotopic (exact) mass is 250 g/mol. The van der Waals surface area contributed by atoms with Crippen molar-refractivity contribution in [2.24, 2.45) is 5.41 Å². The number of hydrogen-bond acceptors (Lipinski definition) is 3. The summed E-state index contributed by atoms with van der Waals surface area (Å²) in [5, 5.41) is 5.68. The molecule has 2 fully saturated rings. The minimum atomic E-state index is 0.667. The van der Waals surface area contributed by atoms with E-state index >= 15 is 0 Å². The first-order chi connectivity index (χ1) is 8.36. The number of nitrogens with one attached hydrogen (secondary N) is 1. The van der Waals surface area contributed by atoms with E-state index in [1.807, 2.05) is 11.3 Å². The Kier molecular flexibility index (Phi) is 3.50. The van der Waals surface area contributed by atoms with Crippen LogP contribution in [-0.2, 0) is 6.42 Å². The molecule has 94 valence electrons. The van der Waals surface area contributed by atoms with Gasteiger partial charge in [0.05, 0.1) is 0 Å². The smallest absolute Gasteiger partial charge is 0.00579 e. The Morgan fingerprint density at radius 1 is 1.29 bits per heavy atom. The van der Waals surface area contributed by atoms with Crippen LogP contribution in [0.4, 0.5) is 0 Å². The van der Waals surface area contributed by atoms with Crippen LogP contribution in [0.5, 0.6) is 0 Å². The van der Waals surface area contributed by atoms with E-state index in [1.165, 1.54) is 63.3 Å². The molecule has 1 N–H and O–H groups in total. The molecule has 2 aliphatic rings. The van der Waals surface area contributed by atoms with Gasteiger partial charge in [-0.3, -0.25) is 0 Å². The molecule has 0 amide bonds. The van der Waals surface area contributed by atoms with Crippen LogP contribution in [-0.4, -0.2) is 37.6 Å². The van der Waals surface area contributed by atoms with Gasteiger partial charge < -0.3 is 10.2 Å². The third kappa shape index (κ3) is 2.72. The molecule has 17 heavy (non-hydrogen) atoms. The van der Waals surface area contributed by atoms with Crippen molar-refractivity contribution >= 4 is 11.3 Å². The average Bonchev–Trinajstić information content (AvgIpc) is 2.98. The van der Waals surface area contributed by atoms with E-state index in [1.54, 1.807) is 0 Å². The normalized spacial score (nSPS) is 24.5. The summed E-state index contributed by atoms with van der Waals surface area (Å²) in [5.41, 5.74) is 0.667. The van der Waals surface area contributed by atoms with Crippen LogP contribution in [0, 0.1) is 5.41 Å². The summed E-state index contributed by atoms with van der Waals surface area (Å²) in [6, 6.07) is 4.43. The number of likely N-dealkylation sites (tertiary alicyclic amines) is 1.